The number of ether oxygens (including phenoxy) is 1. The number of Topliss-reactive ketones (excluding diaryl/α,β-unsaturated/α-hetero) is 1. The van der Waals surface area contributed by atoms with Crippen molar-refractivity contribution >= 4 is 17.5 Å². The predicted octanol–water partition coefficient (Wildman–Crippen LogP) is 9.62. The Kier molecular flexibility index (Phi) is 13.2. The van der Waals surface area contributed by atoms with Crippen LogP contribution < -0.4 is 0 Å². The Hall–Kier alpha value is -1.49. The summed E-state index contributed by atoms with van der Waals surface area (Å²) >= 11 is 0. The summed E-state index contributed by atoms with van der Waals surface area (Å²) in [4.78, 5) is 38.0. The largest absolute Gasteiger partial charge is 0.458 e. The van der Waals surface area contributed by atoms with E-state index in [-0.39, 0.29) is 29.6 Å². The first-order valence-corrected chi connectivity index (χ1v) is 18.8. The van der Waals surface area contributed by atoms with Crippen LogP contribution in [0.4, 0.5) is 0 Å². The molecule has 3 saturated carbocycles. The molecule has 44 heavy (non-hydrogen) atoms. The summed E-state index contributed by atoms with van der Waals surface area (Å²) in [5, 5.41) is 11.9. The van der Waals surface area contributed by atoms with Crippen LogP contribution in [0.3, 0.4) is 0 Å². The molecule has 4 rings (SSSR count). The van der Waals surface area contributed by atoms with Crippen molar-refractivity contribution in [1.29, 1.82) is 0 Å². The number of rotatable bonds is 19. The van der Waals surface area contributed by atoms with Gasteiger partial charge in [-0.15, -0.1) is 0 Å². The molecule has 4 aliphatic rings. The monoisotopic (exact) mass is 612 g/mol. The highest BCUT2D eigenvalue weighted by Crippen LogP contribution is 2.67. The number of esters is 1. The van der Waals surface area contributed by atoms with Crippen molar-refractivity contribution < 1.29 is 24.2 Å². The van der Waals surface area contributed by atoms with Crippen LogP contribution in [-0.2, 0) is 19.1 Å². The van der Waals surface area contributed by atoms with Gasteiger partial charge in [-0.3, -0.25) is 14.4 Å². The molecule has 0 saturated heterocycles. The highest BCUT2D eigenvalue weighted by Gasteiger charge is 2.66. The molecule has 4 aliphatic carbocycles. The molecule has 0 aromatic heterocycles. The average Bonchev–Trinajstić information content (AvgIpc) is 3.29. The first kappa shape index (κ1) is 35.4. The van der Waals surface area contributed by atoms with Gasteiger partial charge in [-0.2, -0.15) is 0 Å². The van der Waals surface area contributed by atoms with E-state index in [4.69, 9.17) is 4.74 Å². The number of allylic oxidation sites excluding steroid dienone is 1. The molecule has 5 heteroatoms. The number of ketones is 2. The highest BCUT2D eigenvalue weighted by atomic mass is 16.5. The molecule has 0 bridgehead atoms. The number of hydrogen-bond acceptors (Lipinski definition) is 5. The quantitative estimate of drug-likeness (QED) is 0.116. The first-order valence-electron chi connectivity index (χ1n) is 18.8. The fraction of sp³-hybridized carbons (Fsp3) is 0.872. The minimum absolute atomic E-state index is 0.0748. The zero-order chi connectivity index (χ0) is 31.6. The van der Waals surface area contributed by atoms with Crippen LogP contribution in [0.1, 0.15) is 175 Å². The molecule has 6 atom stereocenters. The topological polar surface area (TPSA) is 80.7 Å². The lowest BCUT2D eigenvalue weighted by Crippen LogP contribution is -2.58. The maximum Gasteiger partial charge on any atom is 0.306 e. The molecule has 0 aliphatic heterocycles. The smallest absolute Gasteiger partial charge is 0.306 e. The summed E-state index contributed by atoms with van der Waals surface area (Å²) in [5.41, 5.74) is -0.486. The molecule has 5 nitrogen and oxygen atoms in total. The maximum atomic E-state index is 13.5. The summed E-state index contributed by atoms with van der Waals surface area (Å²) in [6.07, 6.45) is 28.2. The lowest BCUT2D eigenvalue weighted by Gasteiger charge is -2.58. The van der Waals surface area contributed by atoms with E-state index in [1.54, 1.807) is 0 Å². The molecule has 3 unspecified atom stereocenters. The van der Waals surface area contributed by atoms with Gasteiger partial charge < -0.3 is 9.84 Å². The van der Waals surface area contributed by atoms with Crippen molar-refractivity contribution in [2.75, 3.05) is 6.61 Å². The van der Waals surface area contributed by atoms with Gasteiger partial charge in [0.05, 0.1) is 0 Å². The Balaban J connectivity index is 1.10. The average molecular weight is 613 g/mol. The van der Waals surface area contributed by atoms with Crippen molar-refractivity contribution in [2.24, 2.45) is 28.6 Å². The van der Waals surface area contributed by atoms with E-state index in [2.05, 4.69) is 20.8 Å². The third-order valence-corrected chi connectivity index (χ3v) is 12.9. The summed E-state index contributed by atoms with van der Waals surface area (Å²) < 4.78 is 5.44. The third kappa shape index (κ3) is 8.07. The maximum absolute atomic E-state index is 13.5. The van der Waals surface area contributed by atoms with E-state index in [0.717, 1.165) is 57.8 Å². The fourth-order valence-corrected chi connectivity index (χ4v) is 10.0. The van der Waals surface area contributed by atoms with Gasteiger partial charge in [-0.05, 0) is 80.6 Å². The van der Waals surface area contributed by atoms with E-state index >= 15 is 0 Å². The fourth-order valence-electron chi connectivity index (χ4n) is 10.0. The summed E-state index contributed by atoms with van der Waals surface area (Å²) in [5.74, 6) is 0.925. The zero-order valence-electron chi connectivity index (χ0n) is 28.6. The normalized spacial score (nSPS) is 32.9. The second-order valence-corrected chi connectivity index (χ2v) is 15.6. The van der Waals surface area contributed by atoms with E-state index in [1.165, 1.54) is 82.6 Å². The molecule has 0 amide bonds. The minimum atomic E-state index is -1.42. The molecule has 0 radical (unpaired) electrons. The standard InChI is InChI=1S/C39H64O5/c1-4-5-6-7-8-9-10-11-12-13-14-15-16-17-18-19-36(42)44-29-35(41)39(43)27-24-34-32-21-20-30-28-31(40)22-25-37(30,2)33(32)23-26-38(34,39)3/h28,32-34,43H,4-27,29H2,1-3H3/t32?,33?,34?,37-,38-,39-/m0/s1. The van der Waals surface area contributed by atoms with E-state index in [0.29, 0.717) is 37.0 Å². The van der Waals surface area contributed by atoms with Crippen LogP contribution in [-0.4, -0.2) is 34.9 Å². The molecule has 3 fully saturated rings. The SMILES string of the molecule is CCCCCCCCCCCCCCCCCC(=O)OCC(=O)[C@@]1(O)CCC2C3CCC4=CC(=O)CC[C@]4(C)C3CC[C@@]21C. The van der Waals surface area contributed by atoms with Crippen molar-refractivity contribution in [3.63, 3.8) is 0 Å². The number of aliphatic hydroxyl groups is 1. The predicted molar refractivity (Wildman–Crippen MR) is 177 cm³/mol. The van der Waals surface area contributed by atoms with Gasteiger partial charge in [0.1, 0.15) is 5.60 Å². The summed E-state index contributed by atoms with van der Waals surface area (Å²) in [6, 6.07) is 0. The number of fused-ring (bicyclic) bond motifs is 5. The Morgan fingerprint density at radius 3 is 1.95 bits per heavy atom. The van der Waals surface area contributed by atoms with Crippen LogP contribution in [0.2, 0.25) is 0 Å². The van der Waals surface area contributed by atoms with E-state index < -0.39 is 11.0 Å². The van der Waals surface area contributed by atoms with Gasteiger partial charge in [0, 0.05) is 18.3 Å². The van der Waals surface area contributed by atoms with Crippen LogP contribution in [0, 0.1) is 28.6 Å². The van der Waals surface area contributed by atoms with Gasteiger partial charge in [-0.25, -0.2) is 0 Å². The molecule has 0 aromatic carbocycles. The number of carbonyl (C=O) groups is 3. The van der Waals surface area contributed by atoms with Gasteiger partial charge in [0.2, 0.25) is 5.78 Å². The van der Waals surface area contributed by atoms with Crippen molar-refractivity contribution in [3.8, 4) is 0 Å². The van der Waals surface area contributed by atoms with E-state index in [9.17, 15) is 19.5 Å². The Morgan fingerprint density at radius 1 is 0.773 bits per heavy atom. The van der Waals surface area contributed by atoms with Crippen molar-refractivity contribution in [2.45, 2.75) is 180 Å². The summed E-state index contributed by atoms with van der Waals surface area (Å²) in [7, 11) is 0. The molecule has 1 N–H and O–H groups in total. The lowest BCUT2D eigenvalue weighted by molar-refractivity contribution is -0.170. The van der Waals surface area contributed by atoms with Gasteiger partial charge in [-0.1, -0.05) is 116 Å². The van der Waals surface area contributed by atoms with Crippen molar-refractivity contribution in [3.05, 3.63) is 11.6 Å². The van der Waals surface area contributed by atoms with Crippen molar-refractivity contribution in [1.82, 2.24) is 0 Å². The number of unbranched alkanes of at least 4 members (excludes halogenated alkanes) is 14. The summed E-state index contributed by atoms with van der Waals surface area (Å²) in [6.45, 7) is 6.44. The lowest BCUT2D eigenvalue weighted by atomic mass is 9.46. The molecule has 250 valence electrons. The molecule has 0 aromatic rings. The Labute approximate surface area is 268 Å². The first-order chi connectivity index (χ1) is 21.2. The van der Waals surface area contributed by atoms with Crippen LogP contribution >= 0.6 is 0 Å². The van der Waals surface area contributed by atoms with Gasteiger partial charge in [0.15, 0.2) is 12.4 Å². The molecule has 0 spiro atoms. The second-order valence-electron chi connectivity index (χ2n) is 15.6. The zero-order valence-corrected chi connectivity index (χ0v) is 28.6. The Morgan fingerprint density at radius 2 is 1.34 bits per heavy atom. The Bertz CT molecular complexity index is 1000. The van der Waals surface area contributed by atoms with Crippen LogP contribution in [0.5, 0.6) is 0 Å². The molecule has 0 heterocycles. The van der Waals surface area contributed by atoms with Crippen LogP contribution in [0.25, 0.3) is 0 Å². The number of carbonyl (C=O) groups excluding carboxylic acids is 3. The molecular formula is C39H64O5. The molecular weight excluding hydrogens is 548 g/mol. The second kappa shape index (κ2) is 16.4. The highest BCUT2D eigenvalue weighted by molar-refractivity contribution is 5.92. The van der Waals surface area contributed by atoms with Crippen LogP contribution in [0.15, 0.2) is 11.6 Å². The van der Waals surface area contributed by atoms with Gasteiger partial charge in [0.25, 0.3) is 0 Å². The number of hydrogen-bond donors (Lipinski definition) is 1. The minimum Gasteiger partial charge on any atom is -0.458 e. The van der Waals surface area contributed by atoms with Gasteiger partial charge >= 0.3 is 5.97 Å². The van der Waals surface area contributed by atoms with E-state index in [1.807, 2.05) is 6.08 Å². The third-order valence-electron chi connectivity index (χ3n) is 12.9.